The largest absolute Gasteiger partial charge is 0.422 e. The van der Waals surface area contributed by atoms with Crippen LogP contribution in [-0.4, -0.2) is 47.5 Å². The molecule has 1 saturated heterocycles. The molecule has 9 heteroatoms. The van der Waals surface area contributed by atoms with Gasteiger partial charge in [0.2, 0.25) is 0 Å². The van der Waals surface area contributed by atoms with E-state index < -0.39 is 17.4 Å². The van der Waals surface area contributed by atoms with Crippen molar-refractivity contribution in [2.24, 2.45) is 0 Å². The zero-order chi connectivity index (χ0) is 21.8. The monoisotopic (exact) mass is 428 g/mol. The summed E-state index contributed by atoms with van der Waals surface area (Å²) in [6.07, 6.45) is -1.67. The number of halogens is 3. The molecular formula is C22H19F3N4O2. The second-order valence-electron chi connectivity index (χ2n) is 7.74. The molecule has 160 valence electrons. The SMILES string of the molecule is CN1CCN(c2ccc3cc(-c4cn5cccc(C(F)(F)F)c5n4)c(=O)oc3c2)CC1. The highest BCUT2D eigenvalue weighted by Gasteiger charge is 2.34. The first-order valence-electron chi connectivity index (χ1n) is 9.86. The van der Waals surface area contributed by atoms with Crippen LogP contribution in [0, 0.1) is 0 Å². The summed E-state index contributed by atoms with van der Waals surface area (Å²) >= 11 is 0. The Bertz CT molecular complexity index is 1330. The summed E-state index contributed by atoms with van der Waals surface area (Å²) in [6, 6.07) is 9.52. The number of piperazine rings is 1. The average Bonchev–Trinajstić information content (AvgIpc) is 3.16. The van der Waals surface area contributed by atoms with Crippen molar-refractivity contribution in [2.45, 2.75) is 6.18 Å². The molecule has 1 aromatic carbocycles. The zero-order valence-electron chi connectivity index (χ0n) is 16.7. The van der Waals surface area contributed by atoms with Gasteiger partial charge in [-0.3, -0.25) is 0 Å². The van der Waals surface area contributed by atoms with Crippen LogP contribution in [0.5, 0.6) is 0 Å². The molecule has 0 aliphatic carbocycles. The van der Waals surface area contributed by atoms with Gasteiger partial charge in [0.15, 0.2) is 0 Å². The number of rotatable bonds is 2. The fourth-order valence-corrected chi connectivity index (χ4v) is 3.90. The topological polar surface area (TPSA) is 54.0 Å². The average molecular weight is 428 g/mol. The summed E-state index contributed by atoms with van der Waals surface area (Å²) < 4.78 is 46.7. The molecule has 1 fully saturated rings. The summed E-state index contributed by atoms with van der Waals surface area (Å²) in [5, 5.41) is 0.681. The van der Waals surface area contributed by atoms with Crippen molar-refractivity contribution in [3.05, 3.63) is 64.8 Å². The van der Waals surface area contributed by atoms with E-state index in [1.807, 2.05) is 18.2 Å². The van der Waals surface area contributed by atoms with Gasteiger partial charge < -0.3 is 18.6 Å². The number of pyridine rings is 1. The molecule has 0 amide bonds. The molecule has 31 heavy (non-hydrogen) atoms. The molecule has 0 spiro atoms. The summed E-state index contributed by atoms with van der Waals surface area (Å²) in [6.45, 7) is 3.67. The predicted molar refractivity (Wildman–Crippen MR) is 111 cm³/mol. The molecule has 1 aliphatic rings. The summed E-state index contributed by atoms with van der Waals surface area (Å²) in [5.41, 5.74) is -0.0886. The number of hydrogen-bond acceptors (Lipinski definition) is 5. The number of fused-ring (bicyclic) bond motifs is 2. The Morgan fingerprint density at radius 2 is 1.84 bits per heavy atom. The molecule has 4 aromatic rings. The number of benzene rings is 1. The van der Waals surface area contributed by atoms with Crippen LogP contribution in [0.15, 0.2) is 58.0 Å². The van der Waals surface area contributed by atoms with Gasteiger partial charge in [-0.15, -0.1) is 0 Å². The third-order valence-electron chi connectivity index (χ3n) is 5.65. The third-order valence-corrected chi connectivity index (χ3v) is 5.65. The molecule has 1 aliphatic heterocycles. The van der Waals surface area contributed by atoms with Gasteiger partial charge in [0, 0.05) is 55.7 Å². The van der Waals surface area contributed by atoms with E-state index in [0.29, 0.717) is 11.0 Å². The van der Waals surface area contributed by atoms with E-state index in [4.69, 9.17) is 4.42 Å². The number of aromatic nitrogens is 2. The van der Waals surface area contributed by atoms with Crippen LogP contribution in [0.25, 0.3) is 27.9 Å². The zero-order valence-corrected chi connectivity index (χ0v) is 16.7. The molecule has 0 atom stereocenters. The van der Waals surface area contributed by atoms with Crippen molar-refractivity contribution in [1.82, 2.24) is 14.3 Å². The molecule has 5 rings (SSSR count). The third kappa shape index (κ3) is 3.54. The predicted octanol–water partition coefficient (Wildman–Crippen LogP) is 3.88. The number of anilines is 1. The summed E-state index contributed by atoms with van der Waals surface area (Å²) in [4.78, 5) is 21.2. The van der Waals surface area contributed by atoms with E-state index in [0.717, 1.165) is 37.9 Å². The van der Waals surface area contributed by atoms with Crippen LogP contribution >= 0.6 is 0 Å². The highest BCUT2D eigenvalue weighted by atomic mass is 19.4. The van der Waals surface area contributed by atoms with Crippen LogP contribution in [0.4, 0.5) is 18.9 Å². The quantitative estimate of drug-likeness (QED) is 0.454. The minimum Gasteiger partial charge on any atom is -0.422 e. The van der Waals surface area contributed by atoms with Gasteiger partial charge in [-0.25, -0.2) is 9.78 Å². The van der Waals surface area contributed by atoms with Gasteiger partial charge in [0.1, 0.15) is 11.2 Å². The van der Waals surface area contributed by atoms with Gasteiger partial charge in [-0.1, -0.05) is 0 Å². The lowest BCUT2D eigenvalue weighted by Crippen LogP contribution is -2.44. The van der Waals surface area contributed by atoms with Gasteiger partial charge in [0.25, 0.3) is 0 Å². The lowest BCUT2D eigenvalue weighted by atomic mass is 10.1. The van der Waals surface area contributed by atoms with Gasteiger partial charge in [-0.05, 0) is 37.4 Å². The highest BCUT2D eigenvalue weighted by Crippen LogP contribution is 2.33. The van der Waals surface area contributed by atoms with Gasteiger partial charge >= 0.3 is 11.8 Å². The highest BCUT2D eigenvalue weighted by molar-refractivity contribution is 5.84. The Morgan fingerprint density at radius 3 is 2.58 bits per heavy atom. The fraction of sp³-hybridized carbons (Fsp3) is 0.273. The molecule has 0 bridgehead atoms. The molecule has 4 heterocycles. The van der Waals surface area contributed by atoms with Crippen molar-refractivity contribution >= 4 is 22.3 Å². The molecule has 0 unspecified atom stereocenters. The maximum absolute atomic E-state index is 13.3. The Hall–Kier alpha value is -3.33. The minimum absolute atomic E-state index is 0.122. The molecule has 0 saturated carbocycles. The summed E-state index contributed by atoms with van der Waals surface area (Å²) in [7, 11) is 2.08. The number of imidazole rings is 1. The smallest absolute Gasteiger partial charge is 0.419 e. The lowest BCUT2D eigenvalue weighted by Gasteiger charge is -2.34. The van der Waals surface area contributed by atoms with Crippen molar-refractivity contribution in [1.29, 1.82) is 0 Å². The molecule has 0 radical (unpaired) electrons. The van der Waals surface area contributed by atoms with E-state index in [1.54, 1.807) is 6.07 Å². The second kappa shape index (κ2) is 7.12. The van der Waals surface area contributed by atoms with E-state index >= 15 is 0 Å². The van der Waals surface area contributed by atoms with Crippen LogP contribution in [0.1, 0.15) is 5.56 Å². The number of alkyl halides is 3. The normalized spacial score (nSPS) is 15.8. The van der Waals surface area contributed by atoms with E-state index in [1.165, 1.54) is 22.9 Å². The molecule has 3 aromatic heterocycles. The lowest BCUT2D eigenvalue weighted by molar-refractivity contribution is -0.136. The summed E-state index contributed by atoms with van der Waals surface area (Å²) in [5.74, 6) is 0. The molecular weight excluding hydrogens is 409 g/mol. The van der Waals surface area contributed by atoms with E-state index in [2.05, 4.69) is 21.8 Å². The van der Waals surface area contributed by atoms with Crippen molar-refractivity contribution < 1.29 is 17.6 Å². The standard InChI is InChI=1S/C22H19F3N4O2/c1-27-7-9-28(10-8-27)15-5-4-14-11-16(21(30)31-19(14)12-15)18-13-29-6-2-3-17(20(29)26-18)22(23,24)25/h2-6,11-13H,7-10H2,1H3. The van der Waals surface area contributed by atoms with Gasteiger partial charge in [0.05, 0.1) is 16.8 Å². The van der Waals surface area contributed by atoms with E-state index in [9.17, 15) is 18.0 Å². The number of hydrogen-bond donors (Lipinski definition) is 0. The molecule has 6 nitrogen and oxygen atoms in total. The van der Waals surface area contributed by atoms with Crippen LogP contribution in [-0.2, 0) is 6.18 Å². The first-order valence-corrected chi connectivity index (χ1v) is 9.86. The van der Waals surface area contributed by atoms with Crippen LogP contribution < -0.4 is 10.5 Å². The van der Waals surface area contributed by atoms with Crippen LogP contribution in [0.2, 0.25) is 0 Å². The minimum atomic E-state index is -4.54. The second-order valence-corrected chi connectivity index (χ2v) is 7.74. The van der Waals surface area contributed by atoms with Gasteiger partial charge in [-0.2, -0.15) is 13.2 Å². The van der Waals surface area contributed by atoms with Crippen molar-refractivity contribution in [3.63, 3.8) is 0 Å². The molecule has 0 N–H and O–H groups in total. The Morgan fingerprint density at radius 1 is 1.06 bits per heavy atom. The Balaban J connectivity index is 1.56. The maximum Gasteiger partial charge on any atom is 0.419 e. The Labute approximate surface area is 175 Å². The maximum atomic E-state index is 13.3. The number of likely N-dealkylation sites (N-methyl/N-ethyl adjacent to an activating group) is 1. The number of nitrogens with zero attached hydrogens (tertiary/aromatic N) is 4. The van der Waals surface area contributed by atoms with Crippen LogP contribution in [0.3, 0.4) is 0 Å². The van der Waals surface area contributed by atoms with Crippen molar-refractivity contribution in [3.8, 4) is 11.3 Å². The fourth-order valence-electron chi connectivity index (χ4n) is 3.90. The first-order chi connectivity index (χ1) is 14.8. The van der Waals surface area contributed by atoms with E-state index in [-0.39, 0.29) is 16.9 Å². The first kappa shape index (κ1) is 19.6. The van der Waals surface area contributed by atoms with Crippen molar-refractivity contribution in [2.75, 3.05) is 38.1 Å². The Kier molecular flexibility index (Phi) is 4.51.